The van der Waals surface area contributed by atoms with Crippen LogP contribution in [0.4, 0.5) is 0 Å². The molecular weight excluding hydrogens is 585 g/mol. The van der Waals surface area contributed by atoms with Crippen LogP contribution in [0, 0.1) is 0 Å². The number of rotatable bonds is 2. The first-order valence-electron chi connectivity index (χ1n) is 16.7. The van der Waals surface area contributed by atoms with Crippen LogP contribution in [0.3, 0.4) is 0 Å². The van der Waals surface area contributed by atoms with Crippen LogP contribution in [0.5, 0.6) is 0 Å². The summed E-state index contributed by atoms with van der Waals surface area (Å²) in [5.74, 6) is 0. The molecule has 4 aromatic heterocycles. The van der Waals surface area contributed by atoms with Gasteiger partial charge >= 0.3 is 0 Å². The molecule has 4 heteroatoms. The quantitative estimate of drug-likeness (QED) is 0.190. The molecule has 6 aromatic carbocycles. The van der Waals surface area contributed by atoms with E-state index >= 15 is 0 Å². The molecule has 0 spiro atoms. The molecule has 10 aromatic rings. The molecule has 4 nitrogen and oxygen atoms in total. The van der Waals surface area contributed by atoms with Gasteiger partial charge in [0.15, 0.2) is 0 Å². The molecule has 0 fully saturated rings. The average molecular weight is 615 g/mol. The van der Waals surface area contributed by atoms with Gasteiger partial charge in [-0.1, -0.05) is 98.8 Å². The highest BCUT2D eigenvalue weighted by Gasteiger charge is 2.34. The summed E-state index contributed by atoms with van der Waals surface area (Å²) < 4.78 is 7.26. The fourth-order valence-corrected chi connectivity index (χ4v) is 8.72. The van der Waals surface area contributed by atoms with Gasteiger partial charge in [0, 0.05) is 55.3 Å². The van der Waals surface area contributed by atoms with Crippen LogP contribution < -0.4 is 0 Å². The number of benzene rings is 6. The SMILES string of the molecule is CC1(C)c2ccccc2-n2c3cc(-n4c5ccccc5c5ccc(-n6c7ccccc7c7cccnc76)cc54)ccc3c3cccc1c32. The molecule has 226 valence electrons. The topological polar surface area (TPSA) is 27.7 Å². The summed E-state index contributed by atoms with van der Waals surface area (Å²) in [5, 5.41) is 7.44. The number of nitrogens with zero attached hydrogens (tertiary/aromatic N) is 4. The van der Waals surface area contributed by atoms with Crippen molar-refractivity contribution in [1.82, 2.24) is 18.7 Å². The van der Waals surface area contributed by atoms with Crippen molar-refractivity contribution >= 4 is 65.5 Å². The molecule has 0 bridgehead atoms. The second-order valence-corrected chi connectivity index (χ2v) is 13.7. The Morgan fingerprint density at radius 1 is 0.438 bits per heavy atom. The van der Waals surface area contributed by atoms with E-state index in [0.717, 1.165) is 27.9 Å². The maximum Gasteiger partial charge on any atom is 0.145 e. The van der Waals surface area contributed by atoms with Gasteiger partial charge in [-0.15, -0.1) is 0 Å². The molecule has 0 saturated carbocycles. The molecule has 0 amide bonds. The fraction of sp³-hybridized carbons (Fsp3) is 0.0682. The van der Waals surface area contributed by atoms with Gasteiger partial charge in [-0.25, -0.2) is 4.98 Å². The first kappa shape index (κ1) is 26.0. The molecule has 0 radical (unpaired) electrons. The Morgan fingerprint density at radius 2 is 1.00 bits per heavy atom. The minimum absolute atomic E-state index is 0.0891. The van der Waals surface area contributed by atoms with Crippen LogP contribution in [-0.4, -0.2) is 18.7 Å². The lowest BCUT2D eigenvalue weighted by molar-refractivity contribution is 0.630. The van der Waals surface area contributed by atoms with Crippen LogP contribution in [0.1, 0.15) is 25.0 Å². The predicted molar refractivity (Wildman–Crippen MR) is 199 cm³/mol. The zero-order valence-electron chi connectivity index (χ0n) is 26.6. The van der Waals surface area contributed by atoms with Gasteiger partial charge in [-0.05, 0) is 65.7 Å². The van der Waals surface area contributed by atoms with Crippen LogP contribution in [0.25, 0.3) is 82.6 Å². The van der Waals surface area contributed by atoms with Crippen molar-refractivity contribution in [2.75, 3.05) is 0 Å². The number of pyridine rings is 1. The highest BCUT2D eigenvalue weighted by atomic mass is 15.1. The molecule has 0 N–H and O–H groups in total. The Bertz CT molecular complexity index is 2930. The third-order valence-corrected chi connectivity index (χ3v) is 10.9. The summed E-state index contributed by atoms with van der Waals surface area (Å²) >= 11 is 0. The highest BCUT2D eigenvalue weighted by molar-refractivity contribution is 6.14. The fourth-order valence-electron chi connectivity index (χ4n) is 8.72. The Kier molecular flexibility index (Phi) is 4.88. The number of hydrogen-bond donors (Lipinski definition) is 0. The average Bonchev–Trinajstić information content (AvgIpc) is 3.76. The lowest BCUT2D eigenvalue weighted by atomic mass is 9.75. The van der Waals surface area contributed by atoms with E-state index in [-0.39, 0.29) is 5.41 Å². The van der Waals surface area contributed by atoms with Crippen molar-refractivity contribution in [2.24, 2.45) is 0 Å². The summed E-state index contributed by atoms with van der Waals surface area (Å²) in [7, 11) is 0. The third kappa shape index (κ3) is 3.17. The largest absolute Gasteiger partial charge is 0.309 e. The van der Waals surface area contributed by atoms with Gasteiger partial charge < -0.3 is 9.13 Å². The van der Waals surface area contributed by atoms with E-state index in [1.807, 2.05) is 12.3 Å². The lowest BCUT2D eigenvalue weighted by Crippen LogP contribution is -2.26. The number of fused-ring (bicyclic) bond motifs is 11. The summed E-state index contributed by atoms with van der Waals surface area (Å²) in [4.78, 5) is 4.87. The van der Waals surface area contributed by atoms with E-state index in [0.29, 0.717) is 0 Å². The summed E-state index contributed by atoms with van der Waals surface area (Å²) in [6.07, 6.45) is 1.89. The van der Waals surface area contributed by atoms with Crippen molar-refractivity contribution in [3.63, 3.8) is 0 Å². The molecule has 48 heavy (non-hydrogen) atoms. The molecule has 1 aliphatic heterocycles. The van der Waals surface area contributed by atoms with Crippen LogP contribution >= 0.6 is 0 Å². The highest BCUT2D eigenvalue weighted by Crippen LogP contribution is 2.48. The van der Waals surface area contributed by atoms with Crippen LogP contribution in [-0.2, 0) is 5.41 Å². The van der Waals surface area contributed by atoms with Crippen molar-refractivity contribution in [2.45, 2.75) is 19.3 Å². The van der Waals surface area contributed by atoms with Crippen LogP contribution in [0.2, 0.25) is 0 Å². The standard InChI is InChI=1S/C44H30N4/c1-44(2)35-15-5-8-19-39(35)48-41-25-27(20-23-32(41)33-13-9-16-36(44)42(33)48)46-37-17-6-3-11-29(37)31-22-21-28(26-40(31)46)47-38-18-7-4-12-30(38)34-14-10-24-45-43(34)47/h3-26H,1-2H3. The minimum Gasteiger partial charge on any atom is -0.309 e. The second-order valence-electron chi connectivity index (χ2n) is 13.7. The Labute approximate surface area is 276 Å². The first-order valence-corrected chi connectivity index (χ1v) is 16.7. The second kappa shape index (κ2) is 9.02. The third-order valence-electron chi connectivity index (χ3n) is 10.9. The monoisotopic (exact) mass is 614 g/mol. The van der Waals surface area contributed by atoms with Crippen LogP contribution in [0.15, 0.2) is 146 Å². The lowest BCUT2D eigenvalue weighted by Gasteiger charge is -2.34. The van der Waals surface area contributed by atoms with Gasteiger partial charge in [-0.3, -0.25) is 4.57 Å². The Morgan fingerprint density at radius 3 is 1.81 bits per heavy atom. The molecule has 0 saturated heterocycles. The van der Waals surface area contributed by atoms with E-state index in [2.05, 4.69) is 161 Å². The molecule has 1 aliphatic rings. The minimum atomic E-state index is -0.0891. The van der Waals surface area contributed by atoms with Gasteiger partial charge in [0.2, 0.25) is 0 Å². The molecule has 11 rings (SSSR count). The van der Waals surface area contributed by atoms with E-state index in [4.69, 9.17) is 4.98 Å². The molecule has 0 atom stereocenters. The number of hydrogen-bond acceptors (Lipinski definition) is 1. The normalized spacial score (nSPS) is 13.8. The predicted octanol–water partition coefficient (Wildman–Crippen LogP) is 11.0. The summed E-state index contributed by atoms with van der Waals surface area (Å²) in [6, 6.07) is 51.2. The smallest absolute Gasteiger partial charge is 0.145 e. The zero-order chi connectivity index (χ0) is 31.7. The first-order chi connectivity index (χ1) is 23.6. The molecule has 5 heterocycles. The molecule has 0 aliphatic carbocycles. The van der Waals surface area contributed by atoms with E-state index in [1.54, 1.807) is 0 Å². The Balaban J connectivity index is 1.23. The zero-order valence-corrected chi connectivity index (χ0v) is 26.6. The van der Waals surface area contributed by atoms with Gasteiger partial charge in [0.25, 0.3) is 0 Å². The van der Waals surface area contributed by atoms with Crippen molar-refractivity contribution in [3.8, 4) is 17.1 Å². The van der Waals surface area contributed by atoms with E-state index < -0.39 is 0 Å². The van der Waals surface area contributed by atoms with Crippen molar-refractivity contribution in [3.05, 3.63) is 157 Å². The molecular formula is C44H30N4. The van der Waals surface area contributed by atoms with Gasteiger partial charge in [0.05, 0.1) is 33.3 Å². The maximum atomic E-state index is 4.87. The number of para-hydroxylation sites is 4. The summed E-state index contributed by atoms with van der Waals surface area (Å²) in [5.41, 5.74) is 13.2. The van der Waals surface area contributed by atoms with E-state index in [9.17, 15) is 0 Å². The molecule has 0 unspecified atom stereocenters. The van der Waals surface area contributed by atoms with Gasteiger partial charge in [0.1, 0.15) is 5.65 Å². The van der Waals surface area contributed by atoms with Crippen molar-refractivity contribution in [1.29, 1.82) is 0 Å². The van der Waals surface area contributed by atoms with Gasteiger partial charge in [-0.2, -0.15) is 0 Å². The maximum absolute atomic E-state index is 4.87. The number of aromatic nitrogens is 4. The van der Waals surface area contributed by atoms with Crippen molar-refractivity contribution < 1.29 is 0 Å². The Hall–Kier alpha value is -6.13. The van der Waals surface area contributed by atoms with E-state index in [1.165, 1.54) is 65.8 Å². The summed E-state index contributed by atoms with van der Waals surface area (Å²) in [6.45, 7) is 4.71.